The highest BCUT2D eigenvalue weighted by Crippen LogP contribution is 2.06. The fourth-order valence-corrected chi connectivity index (χ4v) is 1.94. The first kappa shape index (κ1) is 12.9. The standard InChI is InChI=1S/C12H18N4O2/c1-15(8-11(17)9-18-2)7-10-6-14-12-13-4-3-5-16(10)12/h3-6,11,17H,7-9H2,1-2H3. The number of aliphatic hydroxyl groups excluding tert-OH is 1. The lowest BCUT2D eigenvalue weighted by Gasteiger charge is -2.19. The number of likely N-dealkylation sites (N-methyl/N-ethyl adjacent to an activating group) is 1. The molecule has 0 bridgehead atoms. The van der Waals surface area contributed by atoms with Gasteiger partial charge in [0.25, 0.3) is 0 Å². The fourth-order valence-electron chi connectivity index (χ4n) is 1.94. The first-order chi connectivity index (χ1) is 8.70. The summed E-state index contributed by atoms with van der Waals surface area (Å²) in [6, 6.07) is 1.87. The molecule has 18 heavy (non-hydrogen) atoms. The molecule has 0 amide bonds. The van der Waals surface area contributed by atoms with Crippen molar-refractivity contribution in [1.29, 1.82) is 0 Å². The quantitative estimate of drug-likeness (QED) is 0.791. The average molecular weight is 250 g/mol. The monoisotopic (exact) mass is 250 g/mol. The van der Waals surface area contributed by atoms with Crippen LogP contribution in [0.2, 0.25) is 0 Å². The third-order valence-electron chi connectivity index (χ3n) is 2.68. The van der Waals surface area contributed by atoms with Crippen LogP contribution in [0.15, 0.2) is 24.7 Å². The first-order valence-electron chi connectivity index (χ1n) is 5.83. The van der Waals surface area contributed by atoms with Crippen molar-refractivity contribution in [1.82, 2.24) is 19.3 Å². The summed E-state index contributed by atoms with van der Waals surface area (Å²) < 4.78 is 6.85. The zero-order valence-electron chi connectivity index (χ0n) is 10.7. The second-order valence-electron chi connectivity index (χ2n) is 4.35. The summed E-state index contributed by atoms with van der Waals surface area (Å²) in [5.74, 6) is 0.693. The van der Waals surface area contributed by atoms with Crippen LogP contribution >= 0.6 is 0 Å². The Hall–Kier alpha value is -1.50. The lowest BCUT2D eigenvalue weighted by atomic mass is 10.3. The summed E-state index contributed by atoms with van der Waals surface area (Å²) in [6.45, 7) is 1.61. The molecule has 1 N–H and O–H groups in total. The number of aliphatic hydroxyl groups is 1. The summed E-state index contributed by atoms with van der Waals surface area (Å²) in [4.78, 5) is 10.4. The maximum Gasteiger partial charge on any atom is 0.233 e. The summed E-state index contributed by atoms with van der Waals surface area (Å²) in [6.07, 6.45) is 4.99. The Bertz CT molecular complexity index is 500. The van der Waals surface area contributed by atoms with Crippen LogP contribution < -0.4 is 0 Å². The molecular weight excluding hydrogens is 232 g/mol. The highest BCUT2D eigenvalue weighted by Gasteiger charge is 2.10. The average Bonchev–Trinajstić information content (AvgIpc) is 2.73. The molecule has 6 nitrogen and oxygen atoms in total. The van der Waals surface area contributed by atoms with Gasteiger partial charge in [-0.15, -0.1) is 0 Å². The first-order valence-corrected chi connectivity index (χ1v) is 5.83. The van der Waals surface area contributed by atoms with Crippen molar-refractivity contribution in [2.45, 2.75) is 12.6 Å². The SMILES string of the molecule is COCC(O)CN(C)Cc1cnc2ncccn12. The Morgan fingerprint density at radius 3 is 3.11 bits per heavy atom. The maximum absolute atomic E-state index is 9.66. The molecule has 0 radical (unpaired) electrons. The normalized spacial score (nSPS) is 13.3. The lowest BCUT2D eigenvalue weighted by Crippen LogP contribution is -2.31. The van der Waals surface area contributed by atoms with Crippen LogP contribution in [0.1, 0.15) is 5.69 Å². The molecular formula is C12H18N4O2. The van der Waals surface area contributed by atoms with Crippen LogP contribution in [0, 0.1) is 0 Å². The van der Waals surface area contributed by atoms with E-state index < -0.39 is 6.10 Å². The number of hydrogen-bond donors (Lipinski definition) is 1. The van der Waals surface area contributed by atoms with Gasteiger partial charge in [-0.2, -0.15) is 0 Å². The molecule has 0 aliphatic carbocycles. The smallest absolute Gasteiger partial charge is 0.233 e. The van der Waals surface area contributed by atoms with Crippen LogP contribution in [0.5, 0.6) is 0 Å². The van der Waals surface area contributed by atoms with Gasteiger partial charge in [-0.25, -0.2) is 9.97 Å². The summed E-state index contributed by atoms with van der Waals surface area (Å²) in [5.41, 5.74) is 1.05. The summed E-state index contributed by atoms with van der Waals surface area (Å²) in [5, 5.41) is 9.66. The van der Waals surface area contributed by atoms with E-state index >= 15 is 0 Å². The predicted octanol–water partition coefficient (Wildman–Crippen LogP) is 0.168. The summed E-state index contributed by atoms with van der Waals surface area (Å²) in [7, 11) is 3.54. The minimum absolute atomic E-state index is 0.346. The van der Waals surface area contributed by atoms with Gasteiger partial charge in [0, 0.05) is 32.6 Å². The molecule has 0 saturated heterocycles. The minimum atomic E-state index is -0.475. The van der Waals surface area contributed by atoms with Gasteiger partial charge in [0.05, 0.1) is 24.6 Å². The number of rotatable bonds is 6. The number of aromatic nitrogens is 3. The molecule has 6 heteroatoms. The van der Waals surface area contributed by atoms with Crippen molar-refractivity contribution < 1.29 is 9.84 Å². The molecule has 98 valence electrons. The number of nitrogens with zero attached hydrogens (tertiary/aromatic N) is 4. The molecule has 2 aromatic rings. The third-order valence-corrected chi connectivity index (χ3v) is 2.68. The van der Waals surface area contributed by atoms with Gasteiger partial charge in [-0.05, 0) is 13.1 Å². The molecule has 0 aromatic carbocycles. The van der Waals surface area contributed by atoms with E-state index in [1.807, 2.05) is 34.8 Å². The van der Waals surface area contributed by atoms with E-state index in [0.29, 0.717) is 25.5 Å². The largest absolute Gasteiger partial charge is 0.389 e. The third kappa shape index (κ3) is 3.04. The Labute approximate surface area is 106 Å². The van der Waals surface area contributed by atoms with Crippen LogP contribution in [-0.4, -0.2) is 57.8 Å². The molecule has 0 aliphatic rings. The van der Waals surface area contributed by atoms with Crippen LogP contribution in [0.3, 0.4) is 0 Å². The topological polar surface area (TPSA) is 62.9 Å². The van der Waals surface area contributed by atoms with Gasteiger partial charge in [0.15, 0.2) is 0 Å². The van der Waals surface area contributed by atoms with Crippen molar-refractivity contribution in [3.8, 4) is 0 Å². The number of methoxy groups -OCH3 is 1. The molecule has 0 fully saturated rings. The molecule has 1 atom stereocenters. The van der Waals surface area contributed by atoms with Crippen LogP contribution in [-0.2, 0) is 11.3 Å². The molecule has 0 spiro atoms. The van der Waals surface area contributed by atoms with Crippen molar-refractivity contribution >= 4 is 5.78 Å². The maximum atomic E-state index is 9.66. The second kappa shape index (κ2) is 5.90. The minimum Gasteiger partial charge on any atom is -0.389 e. The molecule has 0 saturated carbocycles. The number of ether oxygens (including phenoxy) is 1. The van der Waals surface area contributed by atoms with Gasteiger partial charge in [0.1, 0.15) is 0 Å². The number of imidazole rings is 1. The second-order valence-corrected chi connectivity index (χ2v) is 4.35. The van der Waals surface area contributed by atoms with Gasteiger partial charge < -0.3 is 9.84 Å². The molecule has 2 heterocycles. The van der Waals surface area contributed by atoms with Gasteiger partial charge in [0.2, 0.25) is 5.78 Å². The Morgan fingerprint density at radius 1 is 1.50 bits per heavy atom. The highest BCUT2D eigenvalue weighted by molar-refractivity contribution is 5.30. The van der Waals surface area contributed by atoms with Crippen LogP contribution in [0.4, 0.5) is 0 Å². The van der Waals surface area contributed by atoms with E-state index in [0.717, 1.165) is 5.69 Å². The molecule has 1 unspecified atom stereocenters. The van der Waals surface area contributed by atoms with E-state index in [1.165, 1.54) is 0 Å². The number of hydrogen-bond acceptors (Lipinski definition) is 5. The number of fused-ring (bicyclic) bond motifs is 1. The van der Waals surface area contributed by atoms with Gasteiger partial charge in [-0.3, -0.25) is 9.30 Å². The van der Waals surface area contributed by atoms with E-state index in [2.05, 4.69) is 9.97 Å². The van der Waals surface area contributed by atoms with Crippen molar-refractivity contribution in [3.05, 3.63) is 30.4 Å². The van der Waals surface area contributed by atoms with E-state index in [9.17, 15) is 5.11 Å². The predicted molar refractivity (Wildman–Crippen MR) is 67.2 cm³/mol. The zero-order chi connectivity index (χ0) is 13.0. The zero-order valence-corrected chi connectivity index (χ0v) is 10.7. The van der Waals surface area contributed by atoms with Crippen LogP contribution in [0.25, 0.3) is 5.78 Å². The molecule has 2 aromatic heterocycles. The highest BCUT2D eigenvalue weighted by atomic mass is 16.5. The Kier molecular flexibility index (Phi) is 4.24. The summed E-state index contributed by atoms with van der Waals surface area (Å²) >= 11 is 0. The van der Waals surface area contributed by atoms with E-state index in [4.69, 9.17) is 4.74 Å². The van der Waals surface area contributed by atoms with Crippen molar-refractivity contribution in [2.24, 2.45) is 0 Å². The Balaban J connectivity index is 2.00. The van der Waals surface area contributed by atoms with Gasteiger partial charge >= 0.3 is 0 Å². The van der Waals surface area contributed by atoms with Crippen molar-refractivity contribution in [2.75, 3.05) is 27.3 Å². The van der Waals surface area contributed by atoms with E-state index in [1.54, 1.807) is 13.3 Å². The van der Waals surface area contributed by atoms with Crippen molar-refractivity contribution in [3.63, 3.8) is 0 Å². The molecule has 2 rings (SSSR count). The fraction of sp³-hybridized carbons (Fsp3) is 0.500. The van der Waals surface area contributed by atoms with Gasteiger partial charge in [-0.1, -0.05) is 0 Å². The molecule has 0 aliphatic heterocycles. The van der Waals surface area contributed by atoms with E-state index in [-0.39, 0.29) is 0 Å². The lowest BCUT2D eigenvalue weighted by molar-refractivity contribution is 0.0416. The Morgan fingerprint density at radius 2 is 2.33 bits per heavy atom.